The number of aliphatic hydroxyl groups is 1. The summed E-state index contributed by atoms with van der Waals surface area (Å²) in [5.74, 6) is 1.78. The Morgan fingerprint density at radius 1 is 0.952 bits per heavy atom. The number of ether oxygens (including phenoxy) is 2. The van der Waals surface area contributed by atoms with Crippen molar-refractivity contribution in [2.75, 3.05) is 13.7 Å². The lowest BCUT2D eigenvalue weighted by molar-refractivity contribution is 0.280. The van der Waals surface area contributed by atoms with Crippen molar-refractivity contribution in [1.29, 1.82) is 0 Å². The summed E-state index contributed by atoms with van der Waals surface area (Å²) >= 11 is 0. The molecule has 1 N–H and O–H groups in total. The summed E-state index contributed by atoms with van der Waals surface area (Å²) in [7, 11) is 1.67. The van der Waals surface area contributed by atoms with Crippen LogP contribution in [0.2, 0.25) is 0 Å². The third kappa shape index (κ3) is 3.99. The van der Waals surface area contributed by atoms with Crippen molar-refractivity contribution >= 4 is 0 Å². The third-order valence-electron chi connectivity index (χ3n) is 3.50. The highest BCUT2D eigenvalue weighted by atomic mass is 16.5. The smallest absolute Gasteiger partial charge is 0.125 e. The fraction of sp³-hybridized carbons (Fsp3) is 0.333. The molecule has 0 bridgehead atoms. The van der Waals surface area contributed by atoms with Gasteiger partial charge in [-0.2, -0.15) is 0 Å². The Hall–Kier alpha value is -2.00. The molecule has 0 atom stereocenters. The van der Waals surface area contributed by atoms with Crippen LogP contribution in [0.3, 0.4) is 0 Å². The van der Waals surface area contributed by atoms with Crippen molar-refractivity contribution in [3.05, 3.63) is 58.7 Å². The zero-order valence-electron chi connectivity index (χ0n) is 12.8. The Labute approximate surface area is 126 Å². The van der Waals surface area contributed by atoms with E-state index in [4.69, 9.17) is 9.47 Å². The van der Waals surface area contributed by atoms with Gasteiger partial charge in [0.15, 0.2) is 0 Å². The molecule has 112 valence electrons. The Morgan fingerprint density at radius 3 is 2.10 bits per heavy atom. The SMILES string of the molecule is COc1ccc(CCOc2c(C)cc(CO)cc2C)cc1. The molecule has 2 aromatic rings. The summed E-state index contributed by atoms with van der Waals surface area (Å²) in [6.07, 6.45) is 0.852. The summed E-state index contributed by atoms with van der Waals surface area (Å²) in [6, 6.07) is 12.0. The molecule has 0 aliphatic carbocycles. The van der Waals surface area contributed by atoms with E-state index in [1.807, 2.05) is 38.1 Å². The molecule has 0 radical (unpaired) electrons. The van der Waals surface area contributed by atoms with Crippen molar-refractivity contribution in [1.82, 2.24) is 0 Å². The van der Waals surface area contributed by atoms with Gasteiger partial charge in [0.05, 0.1) is 20.3 Å². The van der Waals surface area contributed by atoms with E-state index in [0.717, 1.165) is 34.6 Å². The van der Waals surface area contributed by atoms with Crippen molar-refractivity contribution in [2.24, 2.45) is 0 Å². The Morgan fingerprint density at radius 2 is 1.57 bits per heavy atom. The lowest BCUT2D eigenvalue weighted by atomic mass is 10.1. The first kappa shape index (κ1) is 15.4. The lowest BCUT2D eigenvalue weighted by Gasteiger charge is -2.13. The molecular formula is C18H22O3. The second-order valence-corrected chi connectivity index (χ2v) is 5.16. The zero-order chi connectivity index (χ0) is 15.2. The van der Waals surface area contributed by atoms with Crippen molar-refractivity contribution in [3.63, 3.8) is 0 Å². The van der Waals surface area contributed by atoms with Gasteiger partial charge in [-0.3, -0.25) is 0 Å². The molecule has 0 fully saturated rings. The van der Waals surface area contributed by atoms with Gasteiger partial charge in [-0.1, -0.05) is 24.3 Å². The monoisotopic (exact) mass is 286 g/mol. The van der Waals surface area contributed by atoms with Gasteiger partial charge >= 0.3 is 0 Å². The van der Waals surface area contributed by atoms with Gasteiger partial charge in [-0.15, -0.1) is 0 Å². The second-order valence-electron chi connectivity index (χ2n) is 5.16. The van der Waals surface area contributed by atoms with Crippen molar-refractivity contribution in [2.45, 2.75) is 26.9 Å². The van der Waals surface area contributed by atoms with Gasteiger partial charge < -0.3 is 14.6 Å². The quantitative estimate of drug-likeness (QED) is 0.884. The molecule has 0 amide bonds. The van der Waals surface area contributed by atoms with Gasteiger partial charge in [0.1, 0.15) is 11.5 Å². The number of aliphatic hydroxyl groups excluding tert-OH is 1. The number of benzene rings is 2. The van der Waals surface area contributed by atoms with E-state index in [1.54, 1.807) is 7.11 Å². The van der Waals surface area contributed by atoms with Gasteiger partial charge in [0.25, 0.3) is 0 Å². The van der Waals surface area contributed by atoms with E-state index < -0.39 is 0 Å². The number of rotatable bonds is 6. The molecule has 3 heteroatoms. The average molecular weight is 286 g/mol. The molecule has 2 aromatic carbocycles. The fourth-order valence-electron chi connectivity index (χ4n) is 2.42. The minimum atomic E-state index is 0.0633. The third-order valence-corrected chi connectivity index (χ3v) is 3.50. The molecule has 0 aliphatic rings. The highest BCUT2D eigenvalue weighted by molar-refractivity contribution is 5.43. The van der Waals surface area contributed by atoms with Crippen LogP contribution in [0, 0.1) is 13.8 Å². The first-order valence-electron chi connectivity index (χ1n) is 7.10. The van der Waals surface area contributed by atoms with Crippen LogP contribution in [0.5, 0.6) is 11.5 Å². The van der Waals surface area contributed by atoms with E-state index in [2.05, 4.69) is 12.1 Å². The van der Waals surface area contributed by atoms with E-state index in [-0.39, 0.29) is 6.61 Å². The van der Waals surface area contributed by atoms with Crippen LogP contribution in [0.1, 0.15) is 22.3 Å². The predicted octanol–water partition coefficient (Wildman–Crippen LogP) is 3.43. The molecule has 0 saturated heterocycles. The second kappa shape index (κ2) is 7.14. The van der Waals surface area contributed by atoms with Crippen LogP contribution in [0.25, 0.3) is 0 Å². The van der Waals surface area contributed by atoms with E-state index in [1.165, 1.54) is 5.56 Å². The van der Waals surface area contributed by atoms with Crippen LogP contribution in [-0.2, 0) is 13.0 Å². The average Bonchev–Trinajstić information content (AvgIpc) is 2.50. The molecule has 0 heterocycles. The fourth-order valence-corrected chi connectivity index (χ4v) is 2.42. The highest BCUT2D eigenvalue weighted by Crippen LogP contribution is 2.25. The van der Waals surface area contributed by atoms with Gasteiger partial charge in [0, 0.05) is 6.42 Å². The predicted molar refractivity (Wildman–Crippen MR) is 84.0 cm³/mol. The summed E-state index contributed by atoms with van der Waals surface area (Å²) in [4.78, 5) is 0. The van der Waals surface area contributed by atoms with Crippen molar-refractivity contribution < 1.29 is 14.6 Å². The largest absolute Gasteiger partial charge is 0.497 e. The molecule has 0 spiro atoms. The zero-order valence-corrected chi connectivity index (χ0v) is 12.8. The molecule has 0 aliphatic heterocycles. The van der Waals surface area contributed by atoms with Crippen LogP contribution < -0.4 is 9.47 Å². The minimum absolute atomic E-state index is 0.0633. The maximum Gasteiger partial charge on any atom is 0.125 e. The van der Waals surface area contributed by atoms with Gasteiger partial charge in [-0.05, 0) is 48.2 Å². The Bertz CT molecular complexity index is 565. The molecule has 0 aromatic heterocycles. The minimum Gasteiger partial charge on any atom is -0.497 e. The van der Waals surface area contributed by atoms with E-state index in [0.29, 0.717) is 6.61 Å². The summed E-state index contributed by atoms with van der Waals surface area (Å²) in [5.41, 5.74) is 4.27. The van der Waals surface area contributed by atoms with Crippen LogP contribution in [0.4, 0.5) is 0 Å². The molecule has 21 heavy (non-hydrogen) atoms. The van der Waals surface area contributed by atoms with E-state index in [9.17, 15) is 5.11 Å². The number of aryl methyl sites for hydroxylation is 2. The normalized spacial score (nSPS) is 10.5. The topological polar surface area (TPSA) is 38.7 Å². The first-order chi connectivity index (χ1) is 10.1. The summed E-state index contributed by atoms with van der Waals surface area (Å²) in [5, 5.41) is 9.19. The molecule has 3 nitrogen and oxygen atoms in total. The molecule has 0 saturated carbocycles. The Balaban J connectivity index is 1.96. The highest BCUT2D eigenvalue weighted by Gasteiger charge is 2.06. The number of methoxy groups -OCH3 is 1. The maximum atomic E-state index is 9.19. The first-order valence-corrected chi connectivity index (χ1v) is 7.10. The van der Waals surface area contributed by atoms with Crippen molar-refractivity contribution in [3.8, 4) is 11.5 Å². The number of hydrogen-bond donors (Lipinski definition) is 1. The molecule has 0 unspecified atom stereocenters. The standard InChI is InChI=1S/C18H22O3/c1-13-10-16(12-19)11-14(2)18(13)21-9-8-15-4-6-17(20-3)7-5-15/h4-7,10-11,19H,8-9,12H2,1-3H3. The molecular weight excluding hydrogens is 264 g/mol. The maximum absolute atomic E-state index is 9.19. The molecule has 2 rings (SSSR count). The Kier molecular flexibility index (Phi) is 5.23. The number of hydrogen-bond acceptors (Lipinski definition) is 3. The van der Waals surface area contributed by atoms with Crippen LogP contribution in [0.15, 0.2) is 36.4 Å². The van der Waals surface area contributed by atoms with E-state index >= 15 is 0 Å². The van der Waals surface area contributed by atoms with Crippen LogP contribution in [-0.4, -0.2) is 18.8 Å². The summed E-state index contributed by atoms with van der Waals surface area (Å²) < 4.78 is 11.1. The van der Waals surface area contributed by atoms with Gasteiger partial charge in [0.2, 0.25) is 0 Å². The lowest BCUT2D eigenvalue weighted by Crippen LogP contribution is -2.04. The van der Waals surface area contributed by atoms with Gasteiger partial charge in [-0.25, -0.2) is 0 Å². The van der Waals surface area contributed by atoms with Crippen LogP contribution >= 0.6 is 0 Å². The summed E-state index contributed by atoms with van der Waals surface area (Å²) in [6.45, 7) is 4.71.